The molecule has 0 spiro atoms. The fourth-order valence-corrected chi connectivity index (χ4v) is 2.73. The highest BCUT2D eigenvalue weighted by Gasteiger charge is 2.10. The molecule has 0 saturated heterocycles. The molecule has 25 heavy (non-hydrogen) atoms. The molecule has 1 atom stereocenters. The first-order valence-corrected chi connectivity index (χ1v) is 8.22. The maximum absolute atomic E-state index is 12.1. The maximum atomic E-state index is 12.1. The highest BCUT2D eigenvalue weighted by atomic mass is 16.5. The van der Waals surface area contributed by atoms with E-state index in [1.165, 1.54) is 0 Å². The molecule has 0 saturated carbocycles. The number of aliphatic hydroxyl groups is 1. The molecule has 128 valence electrons. The second kappa shape index (κ2) is 7.81. The molecule has 1 amide bonds. The fraction of sp³-hybridized carbons (Fsp3) is 0.190. The Morgan fingerprint density at radius 3 is 2.48 bits per heavy atom. The Kier molecular flexibility index (Phi) is 5.31. The van der Waals surface area contributed by atoms with Gasteiger partial charge in [-0.05, 0) is 40.1 Å². The van der Waals surface area contributed by atoms with Gasteiger partial charge in [0, 0.05) is 6.54 Å². The Balaban J connectivity index is 1.56. The van der Waals surface area contributed by atoms with E-state index in [4.69, 9.17) is 4.74 Å². The number of fused-ring (bicyclic) bond motifs is 1. The molecule has 0 radical (unpaired) electrons. The first-order chi connectivity index (χ1) is 12.2. The molecule has 0 aliphatic rings. The third-order valence-electron chi connectivity index (χ3n) is 4.17. The van der Waals surface area contributed by atoms with Crippen molar-refractivity contribution in [2.75, 3.05) is 13.7 Å². The normalized spacial score (nSPS) is 11.9. The van der Waals surface area contributed by atoms with Crippen LogP contribution in [0.5, 0.6) is 5.75 Å². The van der Waals surface area contributed by atoms with Crippen molar-refractivity contribution in [1.29, 1.82) is 0 Å². The lowest BCUT2D eigenvalue weighted by atomic mass is 10.0. The van der Waals surface area contributed by atoms with Gasteiger partial charge in [0.05, 0.1) is 19.6 Å². The van der Waals surface area contributed by atoms with Crippen molar-refractivity contribution in [2.45, 2.75) is 12.5 Å². The van der Waals surface area contributed by atoms with Crippen molar-refractivity contribution >= 4 is 16.7 Å². The molecule has 2 N–H and O–H groups in total. The van der Waals surface area contributed by atoms with Crippen LogP contribution in [-0.4, -0.2) is 24.7 Å². The van der Waals surface area contributed by atoms with Crippen LogP contribution in [0.3, 0.4) is 0 Å². The molecule has 3 rings (SSSR count). The van der Waals surface area contributed by atoms with E-state index >= 15 is 0 Å². The lowest BCUT2D eigenvalue weighted by Gasteiger charge is -2.13. The minimum Gasteiger partial charge on any atom is -0.497 e. The van der Waals surface area contributed by atoms with Crippen molar-refractivity contribution < 1.29 is 14.6 Å². The van der Waals surface area contributed by atoms with Crippen LogP contribution in [-0.2, 0) is 11.2 Å². The summed E-state index contributed by atoms with van der Waals surface area (Å²) in [6.07, 6.45) is -0.460. The standard InChI is InChI=1S/C21H21NO3/c1-25-19-10-6-15(7-11-19)12-21(24)22-14-20(23)18-9-8-16-4-2-3-5-17(16)13-18/h2-11,13,20,23H,12,14H2,1H3,(H,22,24). The Morgan fingerprint density at radius 1 is 1.04 bits per heavy atom. The lowest BCUT2D eigenvalue weighted by Crippen LogP contribution is -2.29. The van der Waals surface area contributed by atoms with Crippen LogP contribution in [0.4, 0.5) is 0 Å². The van der Waals surface area contributed by atoms with Crippen molar-refractivity contribution in [3.63, 3.8) is 0 Å². The molecule has 4 heteroatoms. The summed E-state index contributed by atoms with van der Waals surface area (Å²) in [5, 5.41) is 15.3. The molecule has 0 bridgehead atoms. The molecule has 0 aliphatic heterocycles. The fourth-order valence-electron chi connectivity index (χ4n) is 2.73. The lowest BCUT2D eigenvalue weighted by molar-refractivity contribution is -0.120. The zero-order chi connectivity index (χ0) is 17.6. The second-order valence-corrected chi connectivity index (χ2v) is 5.95. The summed E-state index contributed by atoms with van der Waals surface area (Å²) in [7, 11) is 1.61. The Hall–Kier alpha value is -2.85. The molecule has 4 nitrogen and oxygen atoms in total. The molecular formula is C21H21NO3. The molecule has 3 aromatic carbocycles. The van der Waals surface area contributed by atoms with Gasteiger partial charge in [-0.2, -0.15) is 0 Å². The van der Waals surface area contributed by atoms with E-state index in [2.05, 4.69) is 5.32 Å². The minimum absolute atomic E-state index is 0.120. The zero-order valence-electron chi connectivity index (χ0n) is 14.1. The average Bonchev–Trinajstić information content (AvgIpc) is 2.66. The number of amides is 1. The third kappa shape index (κ3) is 4.37. The molecule has 0 aliphatic carbocycles. The summed E-state index contributed by atoms with van der Waals surface area (Å²) in [5.41, 5.74) is 1.70. The van der Waals surface area contributed by atoms with Gasteiger partial charge in [0.15, 0.2) is 0 Å². The van der Waals surface area contributed by atoms with E-state index < -0.39 is 6.10 Å². The van der Waals surface area contributed by atoms with Crippen LogP contribution in [0.15, 0.2) is 66.7 Å². The quantitative estimate of drug-likeness (QED) is 0.727. The number of hydrogen-bond donors (Lipinski definition) is 2. The first-order valence-electron chi connectivity index (χ1n) is 8.22. The molecule has 3 aromatic rings. The minimum atomic E-state index is -0.732. The summed E-state index contributed by atoms with van der Waals surface area (Å²) in [5.74, 6) is 0.640. The zero-order valence-corrected chi connectivity index (χ0v) is 14.1. The van der Waals surface area contributed by atoms with Crippen molar-refractivity contribution in [2.24, 2.45) is 0 Å². The number of methoxy groups -OCH3 is 1. The van der Waals surface area contributed by atoms with E-state index in [1.807, 2.05) is 66.7 Å². The summed E-state index contributed by atoms with van der Waals surface area (Å²) in [6, 6.07) is 21.2. The van der Waals surface area contributed by atoms with Crippen LogP contribution in [0.1, 0.15) is 17.2 Å². The average molecular weight is 335 g/mol. The summed E-state index contributed by atoms with van der Waals surface area (Å²) < 4.78 is 5.10. The molecule has 0 fully saturated rings. The predicted molar refractivity (Wildman–Crippen MR) is 98.6 cm³/mol. The SMILES string of the molecule is COc1ccc(CC(=O)NCC(O)c2ccc3ccccc3c2)cc1. The molecule has 0 heterocycles. The van der Waals surface area contributed by atoms with Crippen LogP contribution in [0, 0.1) is 0 Å². The second-order valence-electron chi connectivity index (χ2n) is 5.95. The van der Waals surface area contributed by atoms with Crippen LogP contribution in [0.25, 0.3) is 10.8 Å². The Bertz CT molecular complexity index is 858. The van der Waals surface area contributed by atoms with Gasteiger partial charge < -0.3 is 15.2 Å². The number of rotatable bonds is 6. The van der Waals surface area contributed by atoms with Gasteiger partial charge in [0.1, 0.15) is 5.75 Å². The van der Waals surface area contributed by atoms with Gasteiger partial charge in [0.25, 0.3) is 0 Å². The smallest absolute Gasteiger partial charge is 0.224 e. The highest BCUT2D eigenvalue weighted by Crippen LogP contribution is 2.20. The van der Waals surface area contributed by atoms with E-state index in [-0.39, 0.29) is 18.9 Å². The monoisotopic (exact) mass is 335 g/mol. The van der Waals surface area contributed by atoms with E-state index in [0.717, 1.165) is 27.6 Å². The van der Waals surface area contributed by atoms with Gasteiger partial charge in [-0.3, -0.25) is 4.79 Å². The van der Waals surface area contributed by atoms with E-state index in [0.29, 0.717) is 0 Å². The van der Waals surface area contributed by atoms with Gasteiger partial charge in [0.2, 0.25) is 5.91 Å². The predicted octanol–water partition coefficient (Wildman–Crippen LogP) is 3.24. The summed E-state index contributed by atoms with van der Waals surface area (Å²) in [6.45, 7) is 0.188. The van der Waals surface area contributed by atoms with Gasteiger partial charge in [-0.1, -0.05) is 48.5 Å². The summed E-state index contributed by atoms with van der Waals surface area (Å²) in [4.78, 5) is 12.1. The van der Waals surface area contributed by atoms with Gasteiger partial charge in [-0.15, -0.1) is 0 Å². The topological polar surface area (TPSA) is 58.6 Å². The molecular weight excluding hydrogens is 314 g/mol. The van der Waals surface area contributed by atoms with E-state index in [1.54, 1.807) is 7.11 Å². The van der Waals surface area contributed by atoms with Crippen LogP contribution < -0.4 is 10.1 Å². The number of ether oxygens (including phenoxy) is 1. The van der Waals surface area contributed by atoms with Gasteiger partial charge >= 0.3 is 0 Å². The van der Waals surface area contributed by atoms with Crippen molar-refractivity contribution in [3.05, 3.63) is 77.9 Å². The molecule has 0 aromatic heterocycles. The van der Waals surface area contributed by atoms with Crippen LogP contribution >= 0.6 is 0 Å². The first kappa shape index (κ1) is 17.0. The number of carbonyl (C=O) groups is 1. The van der Waals surface area contributed by atoms with E-state index in [9.17, 15) is 9.90 Å². The Labute approximate surface area is 147 Å². The maximum Gasteiger partial charge on any atom is 0.224 e. The van der Waals surface area contributed by atoms with Crippen molar-refractivity contribution in [1.82, 2.24) is 5.32 Å². The summed E-state index contributed by atoms with van der Waals surface area (Å²) >= 11 is 0. The van der Waals surface area contributed by atoms with Crippen molar-refractivity contribution in [3.8, 4) is 5.75 Å². The Morgan fingerprint density at radius 2 is 1.76 bits per heavy atom. The number of nitrogens with one attached hydrogen (secondary N) is 1. The van der Waals surface area contributed by atoms with Gasteiger partial charge in [-0.25, -0.2) is 0 Å². The highest BCUT2D eigenvalue weighted by molar-refractivity contribution is 5.83. The number of aliphatic hydroxyl groups excluding tert-OH is 1. The number of carbonyl (C=O) groups excluding carboxylic acids is 1. The largest absolute Gasteiger partial charge is 0.497 e. The number of hydrogen-bond acceptors (Lipinski definition) is 3. The molecule has 1 unspecified atom stereocenters. The van der Waals surface area contributed by atoms with Crippen LogP contribution in [0.2, 0.25) is 0 Å². The number of benzene rings is 3. The third-order valence-corrected chi connectivity index (χ3v) is 4.17.